The standard InChI is InChI=1S/C30H11NO2/c1-3-4-5-6-7-8-9-10-11-12-13-14-15-16-17-18-19-20-21-22-25-33-29-24-23-28(27-31)30(26-29)32-2/h1,23-24,26H,27,31H2,2H3. The van der Waals surface area contributed by atoms with Crippen LogP contribution >= 0.6 is 0 Å². The van der Waals surface area contributed by atoms with E-state index in [1.54, 1.807) is 25.3 Å². The first kappa shape index (κ1) is 25.0. The van der Waals surface area contributed by atoms with Crippen LogP contribution in [0.25, 0.3) is 0 Å². The number of terminal acetylenes is 1. The van der Waals surface area contributed by atoms with Gasteiger partial charge in [0.1, 0.15) is 17.6 Å². The maximum absolute atomic E-state index is 5.61. The van der Waals surface area contributed by atoms with Crippen LogP contribution in [0.3, 0.4) is 0 Å². The van der Waals surface area contributed by atoms with Crippen LogP contribution in [0.15, 0.2) is 18.2 Å². The van der Waals surface area contributed by atoms with Gasteiger partial charge < -0.3 is 15.2 Å². The van der Waals surface area contributed by atoms with Gasteiger partial charge >= 0.3 is 0 Å². The second-order valence-electron chi connectivity index (χ2n) is 4.90. The first-order chi connectivity index (χ1) is 16.3. The highest BCUT2D eigenvalue weighted by molar-refractivity contribution is 5.47. The Hall–Kier alpha value is -6.06. The van der Waals surface area contributed by atoms with Gasteiger partial charge in [-0.2, -0.15) is 0 Å². The third kappa shape index (κ3) is 12.9. The Balaban J connectivity index is 2.47. The lowest BCUT2D eigenvalue weighted by Gasteiger charge is -2.07. The van der Waals surface area contributed by atoms with Crippen LogP contribution in [-0.2, 0) is 6.54 Å². The zero-order chi connectivity index (χ0) is 23.8. The molecule has 2 N–H and O–H groups in total. The van der Waals surface area contributed by atoms with Crippen molar-refractivity contribution in [3.8, 4) is 142 Å². The number of hydrogen-bond acceptors (Lipinski definition) is 3. The molecule has 0 aliphatic heterocycles. The third-order valence-corrected chi connectivity index (χ3v) is 2.90. The molecule has 33 heavy (non-hydrogen) atoms. The molecule has 0 heterocycles. The fourth-order valence-electron chi connectivity index (χ4n) is 1.63. The van der Waals surface area contributed by atoms with Crippen molar-refractivity contribution in [1.29, 1.82) is 0 Å². The number of benzene rings is 1. The van der Waals surface area contributed by atoms with E-state index in [-0.39, 0.29) is 0 Å². The van der Waals surface area contributed by atoms with Gasteiger partial charge in [-0.1, -0.05) is 6.07 Å². The van der Waals surface area contributed by atoms with E-state index in [1.165, 1.54) is 0 Å². The van der Waals surface area contributed by atoms with Crippen molar-refractivity contribution in [3.63, 3.8) is 0 Å². The van der Waals surface area contributed by atoms with Gasteiger partial charge in [0, 0.05) is 89.2 Å². The van der Waals surface area contributed by atoms with E-state index in [9.17, 15) is 0 Å². The molecule has 3 nitrogen and oxygen atoms in total. The van der Waals surface area contributed by atoms with Gasteiger partial charge in [0.2, 0.25) is 0 Å². The molecular weight excluding hydrogens is 406 g/mol. The topological polar surface area (TPSA) is 44.5 Å². The summed E-state index contributed by atoms with van der Waals surface area (Å²) in [6.07, 6.45) is 7.39. The van der Waals surface area contributed by atoms with E-state index in [4.69, 9.17) is 21.6 Å². The van der Waals surface area contributed by atoms with Gasteiger partial charge in [0.25, 0.3) is 0 Å². The summed E-state index contributed by atoms with van der Waals surface area (Å²) in [7, 11) is 1.56. The van der Waals surface area contributed by atoms with Gasteiger partial charge in [0.15, 0.2) is 0 Å². The van der Waals surface area contributed by atoms with Crippen LogP contribution in [0.4, 0.5) is 0 Å². The summed E-state index contributed by atoms with van der Waals surface area (Å²) in [4.78, 5) is 0. The molecule has 1 aromatic carbocycles. The molecule has 1 aromatic rings. The Labute approximate surface area is 195 Å². The van der Waals surface area contributed by atoms with Crippen molar-refractivity contribution in [2.75, 3.05) is 7.11 Å². The number of hydrogen-bond donors (Lipinski definition) is 1. The molecule has 3 heteroatoms. The van der Waals surface area contributed by atoms with Crippen LogP contribution in [0.1, 0.15) is 5.56 Å². The van der Waals surface area contributed by atoms with Crippen molar-refractivity contribution in [2.24, 2.45) is 5.73 Å². The van der Waals surface area contributed by atoms with E-state index >= 15 is 0 Å². The molecule has 0 bridgehead atoms. The molecule has 0 saturated carbocycles. The van der Waals surface area contributed by atoms with E-state index in [1.807, 2.05) is 0 Å². The van der Waals surface area contributed by atoms with Gasteiger partial charge in [-0.05, 0) is 53.4 Å². The Kier molecular flexibility index (Phi) is 13.6. The summed E-state index contributed by atoms with van der Waals surface area (Å²) < 4.78 is 10.5. The Morgan fingerprint density at radius 3 is 1.48 bits per heavy atom. The minimum Gasteiger partial charge on any atom is -0.496 e. The second-order valence-corrected chi connectivity index (χ2v) is 4.90. The summed E-state index contributed by atoms with van der Waals surface area (Å²) in [5, 5.41) is 0. The lowest BCUT2D eigenvalue weighted by Crippen LogP contribution is -1.99. The average Bonchev–Trinajstić information content (AvgIpc) is 2.84. The van der Waals surface area contributed by atoms with Gasteiger partial charge in [-0.25, -0.2) is 0 Å². The Morgan fingerprint density at radius 1 is 0.667 bits per heavy atom. The van der Waals surface area contributed by atoms with E-state index in [2.05, 4.69) is 125 Å². The smallest absolute Gasteiger partial charge is 0.143 e. The number of ether oxygens (including phenoxy) is 2. The zero-order valence-corrected chi connectivity index (χ0v) is 17.4. The molecule has 0 aliphatic rings. The second kappa shape index (κ2) is 18.0. The van der Waals surface area contributed by atoms with Crippen molar-refractivity contribution in [1.82, 2.24) is 0 Å². The zero-order valence-electron chi connectivity index (χ0n) is 17.4. The fraction of sp³-hybridized carbons (Fsp3) is 0.0667. The molecular formula is C30H11NO2. The number of methoxy groups -OCH3 is 1. The predicted octanol–water partition coefficient (Wildman–Crippen LogP) is 1.16. The molecule has 0 radical (unpaired) electrons. The highest BCUT2D eigenvalue weighted by Crippen LogP contribution is 2.23. The first-order valence-corrected chi connectivity index (χ1v) is 8.81. The minimum absolute atomic E-state index is 0.369. The lowest BCUT2D eigenvalue weighted by molar-refractivity contribution is 0.406. The molecule has 0 fully saturated rings. The van der Waals surface area contributed by atoms with Gasteiger partial charge in [-0.3, -0.25) is 0 Å². The molecule has 0 aliphatic carbocycles. The fourth-order valence-corrected chi connectivity index (χ4v) is 1.63. The SMILES string of the molecule is C#CC#CC#CC#CC#CC#CC#CC#CC#CC#CC#COc1ccc(CN)c(OC)c1. The molecule has 0 unspecified atom stereocenters. The van der Waals surface area contributed by atoms with Crippen molar-refractivity contribution in [2.45, 2.75) is 6.54 Å². The van der Waals surface area contributed by atoms with Crippen molar-refractivity contribution < 1.29 is 9.47 Å². The van der Waals surface area contributed by atoms with Crippen LogP contribution in [0.2, 0.25) is 0 Å². The van der Waals surface area contributed by atoms with Crippen LogP contribution in [-0.4, -0.2) is 7.11 Å². The molecule has 0 spiro atoms. The van der Waals surface area contributed by atoms with E-state index < -0.39 is 0 Å². The summed E-state index contributed by atoms with van der Waals surface area (Å²) >= 11 is 0. The first-order valence-electron chi connectivity index (χ1n) is 8.81. The van der Waals surface area contributed by atoms with Crippen molar-refractivity contribution >= 4 is 0 Å². The quantitative estimate of drug-likeness (QED) is 0.751. The molecule has 1 rings (SSSR count). The largest absolute Gasteiger partial charge is 0.496 e. The molecule has 0 aromatic heterocycles. The van der Waals surface area contributed by atoms with Gasteiger partial charge in [-0.15, -0.1) is 6.42 Å². The summed E-state index contributed by atoms with van der Waals surface area (Å²) in [6.45, 7) is 0.369. The molecule has 148 valence electrons. The van der Waals surface area contributed by atoms with Crippen LogP contribution in [0.5, 0.6) is 11.5 Å². The minimum atomic E-state index is 0.369. The monoisotopic (exact) mass is 417 g/mol. The number of nitrogens with two attached hydrogens (primary N) is 1. The number of rotatable bonds is 3. The lowest BCUT2D eigenvalue weighted by atomic mass is 10.2. The Bertz CT molecular complexity index is 1570. The van der Waals surface area contributed by atoms with Gasteiger partial charge in [0.05, 0.1) is 7.11 Å². The average molecular weight is 417 g/mol. The summed E-state index contributed by atoms with van der Waals surface area (Å²) in [5.41, 5.74) is 6.48. The van der Waals surface area contributed by atoms with Crippen LogP contribution < -0.4 is 15.2 Å². The maximum atomic E-state index is 5.61. The predicted molar refractivity (Wildman–Crippen MR) is 128 cm³/mol. The third-order valence-electron chi connectivity index (χ3n) is 2.90. The normalized spacial score (nSPS) is 5.97. The highest BCUT2D eigenvalue weighted by Gasteiger charge is 2.02. The van der Waals surface area contributed by atoms with E-state index in [0.29, 0.717) is 18.0 Å². The molecule has 0 amide bonds. The highest BCUT2D eigenvalue weighted by atomic mass is 16.5. The molecule has 0 saturated heterocycles. The van der Waals surface area contributed by atoms with Crippen LogP contribution in [0, 0.1) is 131 Å². The van der Waals surface area contributed by atoms with E-state index in [0.717, 1.165) is 5.56 Å². The Morgan fingerprint density at radius 2 is 1.09 bits per heavy atom. The molecule has 0 atom stereocenters. The summed E-state index contributed by atoms with van der Waals surface area (Å²) in [5.74, 6) is 50.5. The van der Waals surface area contributed by atoms with Crippen molar-refractivity contribution in [3.05, 3.63) is 23.8 Å². The summed E-state index contributed by atoms with van der Waals surface area (Å²) in [6, 6.07) is 5.24. The maximum Gasteiger partial charge on any atom is 0.143 e.